The number of amides is 1. The maximum Gasteiger partial charge on any atom is 0.249 e. The van der Waals surface area contributed by atoms with Crippen LogP contribution in [0.2, 0.25) is 0 Å². The monoisotopic (exact) mass is 1010 g/mol. The fourth-order valence-corrected chi connectivity index (χ4v) is 10.1. The van der Waals surface area contributed by atoms with Crippen molar-refractivity contribution in [3.05, 3.63) is 12.2 Å². The minimum atomic E-state index is -1.66. The van der Waals surface area contributed by atoms with Crippen LogP contribution in [-0.2, 0) is 14.3 Å². The van der Waals surface area contributed by atoms with Crippen molar-refractivity contribution in [3.8, 4) is 0 Å². The zero-order valence-electron chi connectivity index (χ0n) is 46.2. The Labute approximate surface area is 436 Å². The number of allylic oxidation sites excluding steroid dienone is 2. The van der Waals surface area contributed by atoms with Gasteiger partial charge in [0.05, 0.1) is 25.4 Å². The third-order valence-electron chi connectivity index (χ3n) is 15.1. The summed E-state index contributed by atoms with van der Waals surface area (Å²) in [7, 11) is 0. The largest absolute Gasteiger partial charge is 0.394 e. The van der Waals surface area contributed by atoms with Crippen LogP contribution in [0.4, 0.5) is 0 Å². The van der Waals surface area contributed by atoms with E-state index in [-0.39, 0.29) is 6.42 Å². The number of rotatable bonds is 53. The number of aliphatic hydroxyl groups excluding tert-OH is 7. The molecule has 9 unspecified atom stereocenters. The molecule has 1 saturated heterocycles. The van der Waals surface area contributed by atoms with Gasteiger partial charge in [-0.15, -0.1) is 0 Å². The normalized spacial score (nSPS) is 20.2. The van der Waals surface area contributed by atoms with Crippen LogP contribution in [0, 0.1) is 0 Å². The van der Waals surface area contributed by atoms with Gasteiger partial charge in [-0.05, 0) is 38.5 Å². The lowest BCUT2D eigenvalue weighted by molar-refractivity contribution is -0.303. The Morgan fingerprint density at radius 2 is 0.817 bits per heavy atom. The Hall–Kier alpha value is -1.15. The molecule has 71 heavy (non-hydrogen) atoms. The highest BCUT2D eigenvalue weighted by Crippen LogP contribution is 2.24. The lowest BCUT2D eigenvalue weighted by Gasteiger charge is -2.40. The van der Waals surface area contributed by atoms with Gasteiger partial charge in [-0.2, -0.15) is 0 Å². The quantitative estimate of drug-likeness (QED) is 0.0215. The summed E-state index contributed by atoms with van der Waals surface area (Å²) in [5, 5.41) is 76.2. The lowest BCUT2D eigenvalue weighted by atomic mass is 9.98. The SMILES string of the molecule is CCCCCCCCCC/C=C\CCCCCCCCC(O)C(=O)NC(COC1OC(CO)C(O)C(O)C1O)C(O)C(O)CCCCCCCCCCCCCCCCCCCCCCCCCCCC. The van der Waals surface area contributed by atoms with E-state index in [1.807, 2.05) is 0 Å². The Morgan fingerprint density at radius 3 is 1.18 bits per heavy atom. The minimum absolute atomic E-state index is 0.256. The molecular formula is C60H117NO10. The van der Waals surface area contributed by atoms with Crippen molar-refractivity contribution >= 4 is 5.91 Å². The van der Waals surface area contributed by atoms with Crippen LogP contribution in [0.3, 0.4) is 0 Å². The number of unbranched alkanes of at least 4 members (excludes halogenated alkanes) is 39. The van der Waals surface area contributed by atoms with Crippen molar-refractivity contribution in [1.29, 1.82) is 0 Å². The number of carbonyl (C=O) groups excluding carboxylic acids is 1. The summed E-state index contributed by atoms with van der Waals surface area (Å²) in [5.74, 6) is -0.697. The van der Waals surface area contributed by atoms with Gasteiger partial charge in [-0.3, -0.25) is 4.79 Å². The highest BCUT2D eigenvalue weighted by molar-refractivity contribution is 5.80. The third-order valence-corrected chi connectivity index (χ3v) is 15.1. The van der Waals surface area contributed by atoms with E-state index in [0.717, 1.165) is 51.4 Å². The van der Waals surface area contributed by atoms with Gasteiger partial charge in [0.1, 0.15) is 36.6 Å². The van der Waals surface area contributed by atoms with Gasteiger partial charge in [0.2, 0.25) is 5.91 Å². The molecule has 0 aromatic rings. The first kappa shape index (κ1) is 67.9. The second-order valence-electron chi connectivity index (χ2n) is 21.8. The van der Waals surface area contributed by atoms with E-state index in [4.69, 9.17) is 9.47 Å². The molecule has 0 aromatic heterocycles. The molecule has 1 rings (SSSR count). The predicted octanol–water partition coefficient (Wildman–Crippen LogP) is 13.1. The fourth-order valence-electron chi connectivity index (χ4n) is 10.1. The first-order valence-electron chi connectivity index (χ1n) is 30.6. The molecule has 11 nitrogen and oxygen atoms in total. The smallest absolute Gasteiger partial charge is 0.249 e. The topological polar surface area (TPSA) is 189 Å². The first-order valence-corrected chi connectivity index (χ1v) is 30.6. The van der Waals surface area contributed by atoms with Gasteiger partial charge in [0.25, 0.3) is 0 Å². The molecule has 0 spiro atoms. The molecule has 9 atom stereocenters. The molecule has 0 bridgehead atoms. The zero-order chi connectivity index (χ0) is 51.8. The third kappa shape index (κ3) is 38.1. The summed E-state index contributed by atoms with van der Waals surface area (Å²) in [6, 6.07) is -1.17. The minimum Gasteiger partial charge on any atom is -0.394 e. The van der Waals surface area contributed by atoms with Gasteiger partial charge in [-0.1, -0.05) is 270 Å². The van der Waals surface area contributed by atoms with Crippen LogP contribution in [0.5, 0.6) is 0 Å². The second-order valence-corrected chi connectivity index (χ2v) is 21.8. The Kier molecular flexibility index (Phi) is 47.5. The van der Waals surface area contributed by atoms with Crippen LogP contribution in [-0.4, -0.2) is 110 Å². The van der Waals surface area contributed by atoms with E-state index in [0.29, 0.717) is 19.3 Å². The van der Waals surface area contributed by atoms with Crippen molar-refractivity contribution < 1.29 is 50.0 Å². The number of nitrogens with one attached hydrogen (secondary N) is 1. The zero-order valence-corrected chi connectivity index (χ0v) is 46.2. The molecule has 1 aliphatic heterocycles. The van der Waals surface area contributed by atoms with E-state index in [2.05, 4.69) is 31.3 Å². The summed E-state index contributed by atoms with van der Waals surface area (Å²) >= 11 is 0. The van der Waals surface area contributed by atoms with E-state index in [9.17, 15) is 40.5 Å². The van der Waals surface area contributed by atoms with Crippen LogP contribution in [0.25, 0.3) is 0 Å². The standard InChI is InChI=1S/C60H117NO10/c1-3-5-7-9-11-13-15-17-19-21-23-24-25-26-27-28-29-30-32-33-35-37-39-41-43-45-47-52(63)55(65)51(50-70-60-58(68)57(67)56(66)54(49-62)71-60)61-59(69)53(64)48-46-44-42-40-38-36-34-31-22-20-18-16-14-12-10-8-6-4-2/h22,31,51-58,60,62-68H,3-21,23-30,32-50H2,1-2H3,(H,61,69)/b31-22-. The Morgan fingerprint density at radius 1 is 0.479 bits per heavy atom. The van der Waals surface area contributed by atoms with E-state index in [1.54, 1.807) is 0 Å². The number of carbonyl (C=O) groups is 1. The molecule has 8 N–H and O–H groups in total. The number of hydrogen-bond acceptors (Lipinski definition) is 10. The molecule has 0 radical (unpaired) electrons. The van der Waals surface area contributed by atoms with Gasteiger partial charge < -0.3 is 50.5 Å². The van der Waals surface area contributed by atoms with Crippen LogP contribution >= 0.6 is 0 Å². The Bertz CT molecular complexity index is 1160. The first-order chi connectivity index (χ1) is 34.7. The van der Waals surface area contributed by atoms with E-state index >= 15 is 0 Å². The van der Waals surface area contributed by atoms with Gasteiger partial charge in [0.15, 0.2) is 6.29 Å². The molecule has 1 aliphatic rings. The van der Waals surface area contributed by atoms with Crippen molar-refractivity contribution in [2.75, 3.05) is 13.2 Å². The van der Waals surface area contributed by atoms with Crippen molar-refractivity contribution in [3.63, 3.8) is 0 Å². The van der Waals surface area contributed by atoms with Crippen molar-refractivity contribution in [2.24, 2.45) is 0 Å². The van der Waals surface area contributed by atoms with E-state index in [1.165, 1.54) is 205 Å². The molecule has 422 valence electrons. The van der Waals surface area contributed by atoms with E-state index < -0.39 is 74.2 Å². The molecular weight excluding hydrogens is 895 g/mol. The van der Waals surface area contributed by atoms with Gasteiger partial charge in [0, 0.05) is 0 Å². The molecule has 11 heteroatoms. The molecule has 0 aromatic carbocycles. The summed E-state index contributed by atoms with van der Waals surface area (Å²) in [6.07, 6.45) is 47.0. The predicted molar refractivity (Wildman–Crippen MR) is 293 cm³/mol. The average Bonchev–Trinajstić information content (AvgIpc) is 3.37. The average molecular weight is 1010 g/mol. The second kappa shape index (κ2) is 49.7. The Balaban J connectivity index is 2.27. The molecule has 0 aliphatic carbocycles. The number of hydrogen-bond donors (Lipinski definition) is 8. The summed E-state index contributed by atoms with van der Waals surface area (Å²) < 4.78 is 11.2. The molecule has 1 amide bonds. The summed E-state index contributed by atoms with van der Waals surface area (Å²) in [5.41, 5.74) is 0. The van der Waals surface area contributed by atoms with Crippen molar-refractivity contribution in [1.82, 2.24) is 5.32 Å². The highest BCUT2D eigenvalue weighted by Gasteiger charge is 2.44. The summed E-state index contributed by atoms with van der Waals surface area (Å²) in [4.78, 5) is 13.2. The van der Waals surface area contributed by atoms with Gasteiger partial charge in [-0.25, -0.2) is 0 Å². The van der Waals surface area contributed by atoms with Crippen molar-refractivity contribution in [2.45, 2.75) is 351 Å². The molecule has 1 heterocycles. The lowest BCUT2D eigenvalue weighted by Crippen LogP contribution is -2.60. The van der Waals surface area contributed by atoms with Crippen LogP contribution in [0.15, 0.2) is 12.2 Å². The molecule has 1 fully saturated rings. The van der Waals surface area contributed by atoms with Gasteiger partial charge >= 0.3 is 0 Å². The maximum absolute atomic E-state index is 13.2. The molecule has 0 saturated carbocycles. The maximum atomic E-state index is 13.2. The highest BCUT2D eigenvalue weighted by atomic mass is 16.7. The number of aliphatic hydroxyl groups is 7. The fraction of sp³-hybridized carbons (Fsp3) is 0.950. The number of ether oxygens (including phenoxy) is 2. The van der Waals surface area contributed by atoms with Crippen LogP contribution in [0.1, 0.15) is 296 Å². The van der Waals surface area contributed by atoms with Crippen LogP contribution < -0.4 is 5.32 Å². The summed E-state index contributed by atoms with van der Waals surface area (Å²) in [6.45, 7) is 3.49.